The molecule has 1 amide bonds. The third-order valence-corrected chi connectivity index (χ3v) is 5.20. The number of ether oxygens (including phenoxy) is 1. The third kappa shape index (κ3) is 4.44. The fraction of sp³-hybridized carbons (Fsp3) is 0.167. The van der Waals surface area contributed by atoms with Gasteiger partial charge in [-0.15, -0.1) is 0 Å². The van der Waals surface area contributed by atoms with Crippen LogP contribution in [0.15, 0.2) is 77.9 Å². The minimum absolute atomic E-state index is 0.0530. The number of benzene rings is 1. The van der Waals surface area contributed by atoms with Crippen LogP contribution in [0.5, 0.6) is 11.6 Å². The smallest absolute Gasteiger partial charge is 0.265 e. The summed E-state index contributed by atoms with van der Waals surface area (Å²) < 4.78 is 6.57. The van der Waals surface area contributed by atoms with Crippen molar-refractivity contribution in [2.45, 2.75) is 18.9 Å². The lowest BCUT2D eigenvalue weighted by Gasteiger charge is -2.19. The minimum atomic E-state index is -0.707. The van der Waals surface area contributed by atoms with Gasteiger partial charge in [0.1, 0.15) is 11.4 Å². The zero-order valence-corrected chi connectivity index (χ0v) is 17.4. The molecule has 0 aliphatic carbocycles. The SMILES string of the molecule is COc1ccc(C(CC(=O)NCc2ccccn2)c2c(O)nc3ccccn3c2=O)cc1. The van der Waals surface area contributed by atoms with E-state index in [1.54, 1.807) is 68.0 Å². The van der Waals surface area contributed by atoms with Gasteiger partial charge >= 0.3 is 0 Å². The van der Waals surface area contributed by atoms with Crippen LogP contribution in [-0.4, -0.2) is 32.5 Å². The van der Waals surface area contributed by atoms with Crippen LogP contribution in [0.3, 0.4) is 0 Å². The number of carbonyl (C=O) groups excluding carboxylic acids is 1. The van der Waals surface area contributed by atoms with Crippen LogP contribution in [-0.2, 0) is 11.3 Å². The monoisotopic (exact) mass is 430 g/mol. The molecule has 1 atom stereocenters. The average Bonchev–Trinajstić information content (AvgIpc) is 2.83. The predicted molar refractivity (Wildman–Crippen MR) is 119 cm³/mol. The fourth-order valence-electron chi connectivity index (χ4n) is 3.57. The molecule has 0 fully saturated rings. The van der Waals surface area contributed by atoms with Crippen molar-refractivity contribution in [3.05, 3.63) is 100 Å². The summed E-state index contributed by atoms with van der Waals surface area (Å²) in [6, 6.07) is 17.6. The van der Waals surface area contributed by atoms with Crippen molar-refractivity contribution < 1.29 is 14.6 Å². The van der Waals surface area contributed by atoms with E-state index in [0.717, 1.165) is 5.69 Å². The van der Waals surface area contributed by atoms with Crippen molar-refractivity contribution >= 4 is 11.6 Å². The van der Waals surface area contributed by atoms with Gasteiger partial charge in [0.05, 0.1) is 24.9 Å². The van der Waals surface area contributed by atoms with Gasteiger partial charge in [-0.1, -0.05) is 24.3 Å². The zero-order chi connectivity index (χ0) is 22.5. The summed E-state index contributed by atoms with van der Waals surface area (Å²) in [7, 11) is 1.56. The van der Waals surface area contributed by atoms with E-state index in [9.17, 15) is 14.7 Å². The molecule has 0 radical (unpaired) electrons. The van der Waals surface area contributed by atoms with Crippen LogP contribution in [0.1, 0.15) is 29.2 Å². The molecule has 0 saturated heterocycles. The highest BCUT2D eigenvalue weighted by atomic mass is 16.5. The normalized spacial score (nSPS) is 11.8. The summed E-state index contributed by atoms with van der Waals surface area (Å²) in [5, 5.41) is 13.5. The number of hydrogen-bond acceptors (Lipinski definition) is 6. The van der Waals surface area contributed by atoms with E-state index in [2.05, 4.69) is 15.3 Å². The van der Waals surface area contributed by atoms with Crippen molar-refractivity contribution in [3.63, 3.8) is 0 Å². The molecular weight excluding hydrogens is 408 g/mol. The Kier molecular flexibility index (Phi) is 6.12. The lowest BCUT2D eigenvalue weighted by atomic mass is 9.89. The Morgan fingerprint density at radius 1 is 1.12 bits per heavy atom. The van der Waals surface area contributed by atoms with E-state index >= 15 is 0 Å². The third-order valence-electron chi connectivity index (χ3n) is 5.20. The summed E-state index contributed by atoms with van der Waals surface area (Å²) in [5.41, 5.74) is 1.37. The summed E-state index contributed by atoms with van der Waals surface area (Å²) in [6.07, 6.45) is 3.18. The Hall–Kier alpha value is -4.20. The molecule has 3 aromatic heterocycles. The van der Waals surface area contributed by atoms with Crippen LogP contribution in [0.25, 0.3) is 5.65 Å². The summed E-state index contributed by atoms with van der Waals surface area (Å²) >= 11 is 0. The number of rotatable bonds is 7. The van der Waals surface area contributed by atoms with E-state index < -0.39 is 11.5 Å². The lowest BCUT2D eigenvalue weighted by Crippen LogP contribution is -2.29. The topological polar surface area (TPSA) is 106 Å². The van der Waals surface area contributed by atoms with Gasteiger partial charge in [-0.25, -0.2) is 0 Å². The number of aromatic hydroxyl groups is 1. The van der Waals surface area contributed by atoms with E-state index in [1.165, 1.54) is 4.40 Å². The van der Waals surface area contributed by atoms with Crippen LogP contribution >= 0.6 is 0 Å². The van der Waals surface area contributed by atoms with E-state index in [0.29, 0.717) is 17.0 Å². The zero-order valence-electron chi connectivity index (χ0n) is 17.4. The van der Waals surface area contributed by atoms with E-state index in [1.807, 2.05) is 12.1 Å². The Labute approximate surface area is 184 Å². The maximum atomic E-state index is 13.2. The molecule has 32 heavy (non-hydrogen) atoms. The molecule has 0 aliphatic rings. The van der Waals surface area contributed by atoms with Gasteiger partial charge < -0.3 is 15.2 Å². The van der Waals surface area contributed by atoms with E-state index in [-0.39, 0.29) is 30.3 Å². The molecule has 2 N–H and O–H groups in total. The van der Waals surface area contributed by atoms with Gasteiger partial charge in [-0.2, -0.15) is 4.98 Å². The number of nitrogens with zero attached hydrogens (tertiary/aromatic N) is 3. The largest absolute Gasteiger partial charge is 0.497 e. The number of pyridine rings is 2. The predicted octanol–water partition coefficient (Wildman–Crippen LogP) is 2.64. The van der Waals surface area contributed by atoms with Crippen molar-refractivity contribution in [1.82, 2.24) is 19.7 Å². The molecule has 1 aromatic carbocycles. The summed E-state index contributed by atoms with van der Waals surface area (Å²) in [5.74, 6) is -0.737. The van der Waals surface area contributed by atoms with Gasteiger partial charge in [0.15, 0.2) is 0 Å². The van der Waals surface area contributed by atoms with Crippen molar-refractivity contribution in [2.75, 3.05) is 7.11 Å². The average molecular weight is 430 g/mol. The Balaban J connectivity index is 1.70. The first-order valence-electron chi connectivity index (χ1n) is 10.1. The Bertz CT molecular complexity index is 1290. The highest BCUT2D eigenvalue weighted by molar-refractivity contribution is 5.77. The number of carbonyl (C=O) groups is 1. The Morgan fingerprint density at radius 2 is 1.91 bits per heavy atom. The number of methoxy groups -OCH3 is 1. The highest BCUT2D eigenvalue weighted by Gasteiger charge is 2.26. The summed E-state index contributed by atoms with van der Waals surface area (Å²) in [4.78, 5) is 34.4. The molecule has 162 valence electrons. The van der Waals surface area contributed by atoms with Crippen LogP contribution in [0.2, 0.25) is 0 Å². The molecule has 0 spiro atoms. The number of amides is 1. The number of nitrogens with one attached hydrogen (secondary N) is 1. The van der Waals surface area contributed by atoms with Crippen LogP contribution < -0.4 is 15.6 Å². The molecule has 1 unspecified atom stereocenters. The lowest BCUT2D eigenvalue weighted by molar-refractivity contribution is -0.121. The van der Waals surface area contributed by atoms with Gasteiger partial charge in [0, 0.05) is 24.7 Å². The van der Waals surface area contributed by atoms with Crippen LogP contribution in [0.4, 0.5) is 0 Å². The second-order valence-corrected chi connectivity index (χ2v) is 7.21. The van der Waals surface area contributed by atoms with Gasteiger partial charge in [0.25, 0.3) is 5.56 Å². The summed E-state index contributed by atoms with van der Waals surface area (Å²) in [6.45, 7) is 0.260. The maximum absolute atomic E-state index is 13.2. The molecule has 4 rings (SSSR count). The van der Waals surface area contributed by atoms with Crippen molar-refractivity contribution in [3.8, 4) is 11.6 Å². The maximum Gasteiger partial charge on any atom is 0.265 e. The molecule has 8 heteroatoms. The molecule has 8 nitrogen and oxygen atoms in total. The number of fused-ring (bicyclic) bond motifs is 1. The number of aromatic nitrogens is 3. The van der Waals surface area contributed by atoms with Gasteiger partial charge in [-0.05, 0) is 42.0 Å². The number of hydrogen-bond donors (Lipinski definition) is 2. The fourth-order valence-corrected chi connectivity index (χ4v) is 3.57. The molecule has 3 heterocycles. The molecular formula is C24H22N4O4. The molecule has 0 saturated carbocycles. The first kappa shape index (κ1) is 21.0. The highest BCUT2D eigenvalue weighted by Crippen LogP contribution is 2.32. The van der Waals surface area contributed by atoms with Crippen LogP contribution in [0, 0.1) is 0 Å². The standard InChI is InChI=1S/C24H22N4O4/c1-32-18-10-8-16(9-11-18)19(14-21(29)26-15-17-6-2-4-12-25-17)22-23(30)27-20-7-3-5-13-28(20)24(22)31/h2-13,19,30H,14-15H2,1H3,(H,26,29). The Morgan fingerprint density at radius 3 is 2.62 bits per heavy atom. The van der Waals surface area contributed by atoms with Crippen molar-refractivity contribution in [2.24, 2.45) is 0 Å². The minimum Gasteiger partial charge on any atom is -0.497 e. The van der Waals surface area contributed by atoms with Gasteiger partial charge in [0.2, 0.25) is 11.8 Å². The quantitative estimate of drug-likeness (QED) is 0.467. The first-order valence-corrected chi connectivity index (χ1v) is 10.1. The van der Waals surface area contributed by atoms with Crippen molar-refractivity contribution in [1.29, 1.82) is 0 Å². The second kappa shape index (κ2) is 9.30. The second-order valence-electron chi connectivity index (χ2n) is 7.21. The molecule has 4 aromatic rings. The van der Waals surface area contributed by atoms with E-state index in [4.69, 9.17) is 4.74 Å². The first-order chi connectivity index (χ1) is 15.6. The molecule has 0 aliphatic heterocycles. The molecule has 0 bridgehead atoms. The van der Waals surface area contributed by atoms with Gasteiger partial charge in [-0.3, -0.25) is 19.0 Å².